The fraction of sp³-hybridized carbons (Fsp3) is 0.471. The Hall–Kier alpha value is -2.02. The molecule has 2 rings (SSSR count). The Balaban J connectivity index is 1.86. The zero-order valence-electron chi connectivity index (χ0n) is 13.6. The van der Waals surface area contributed by atoms with Crippen LogP contribution >= 0.6 is 11.8 Å². The molecule has 1 aromatic carbocycles. The number of thioether (sulfide) groups is 1. The second-order valence-electron chi connectivity index (χ2n) is 5.62. The van der Waals surface area contributed by atoms with Gasteiger partial charge in [-0.15, -0.1) is 0 Å². The lowest BCUT2D eigenvalue weighted by Gasteiger charge is -2.17. The average molecular weight is 350 g/mol. The average Bonchev–Trinajstić information content (AvgIpc) is 3.41. The monoisotopic (exact) mass is 350 g/mol. The molecular weight excluding hydrogens is 328 g/mol. The van der Waals surface area contributed by atoms with E-state index < -0.39 is 12.0 Å². The number of carbonyl (C=O) groups is 3. The molecule has 0 unspecified atom stereocenters. The van der Waals surface area contributed by atoms with Gasteiger partial charge in [-0.2, -0.15) is 11.8 Å². The summed E-state index contributed by atoms with van der Waals surface area (Å²) in [6, 6.07) is 8.14. The lowest BCUT2D eigenvalue weighted by atomic mass is 10.1. The fourth-order valence-corrected chi connectivity index (χ4v) is 2.52. The summed E-state index contributed by atoms with van der Waals surface area (Å²) in [5.41, 5.74) is 0.478. The van der Waals surface area contributed by atoms with Crippen LogP contribution in [0.25, 0.3) is 0 Å². The molecule has 2 N–H and O–H groups in total. The van der Waals surface area contributed by atoms with Crippen LogP contribution in [0.4, 0.5) is 0 Å². The van der Waals surface area contributed by atoms with Crippen molar-refractivity contribution in [1.29, 1.82) is 0 Å². The molecule has 1 saturated carbocycles. The number of hydrogen-bond donors (Lipinski definition) is 2. The normalized spacial score (nSPS) is 14.5. The maximum atomic E-state index is 12.2. The van der Waals surface area contributed by atoms with Crippen LogP contribution in [0.1, 0.15) is 29.6 Å². The van der Waals surface area contributed by atoms with E-state index in [2.05, 4.69) is 10.6 Å². The number of hydrogen-bond acceptors (Lipinski definition) is 5. The van der Waals surface area contributed by atoms with E-state index in [1.54, 1.807) is 36.0 Å². The first-order chi connectivity index (χ1) is 11.6. The fourth-order valence-electron chi connectivity index (χ4n) is 2.05. The van der Waals surface area contributed by atoms with Gasteiger partial charge >= 0.3 is 5.97 Å². The van der Waals surface area contributed by atoms with Crippen molar-refractivity contribution in [3.05, 3.63) is 35.9 Å². The first-order valence-electron chi connectivity index (χ1n) is 7.91. The van der Waals surface area contributed by atoms with E-state index in [0.29, 0.717) is 17.7 Å². The molecule has 7 heteroatoms. The highest BCUT2D eigenvalue weighted by Gasteiger charge is 2.26. The van der Waals surface area contributed by atoms with Crippen LogP contribution in [-0.4, -0.2) is 48.5 Å². The zero-order chi connectivity index (χ0) is 17.4. The van der Waals surface area contributed by atoms with Crippen molar-refractivity contribution < 1.29 is 19.1 Å². The highest BCUT2D eigenvalue weighted by Crippen LogP contribution is 2.18. The molecule has 1 aromatic rings. The van der Waals surface area contributed by atoms with Gasteiger partial charge in [0.05, 0.1) is 0 Å². The van der Waals surface area contributed by atoms with Crippen molar-refractivity contribution in [2.45, 2.75) is 31.3 Å². The maximum Gasteiger partial charge on any atom is 0.329 e. The van der Waals surface area contributed by atoms with Gasteiger partial charge in [0, 0.05) is 11.6 Å². The number of esters is 1. The minimum atomic E-state index is -0.765. The Kier molecular flexibility index (Phi) is 7.11. The van der Waals surface area contributed by atoms with Crippen LogP contribution in [0.15, 0.2) is 30.3 Å². The summed E-state index contributed by atoms with van der Waals surface area (Å²) in [5, 5.41) is 5.44. The lowest BCUT2D eigenvalue weighted by molar-refractivity contribution is -0.150. The number of rotatable bonds is 9. The van der Waals surface area contributed by atoms with Crippen LogP contribution in [0.5, 0.6) is 0 Å². The number of nitrogens with one attached hydrogen (secondary N) is 2. The van der Waals surface area contributed by atoms with Gasteiger partial charge in [-0.25, -0.2) is 4.79 Å². The molecule has 0 aromatic heterocycles. The van der Waals surface area contributed by atoms with Gasteiger partial charge in [0.15, 0.2) is 6.61 Å². The Bertz CT molecular complexity index is 575. The van der Waals surface area contributed by atoms with Crippen LogP contribution in [-0.2, 0) is 14.3 Å². The minimum Gasteiger partial charge on any atom is -0.454 e. The van der Waals surface area contributed by atoms with E-state index in [1.165, 1.54) is 0 Å². The molecule has 1 atom stereocenters. The Morgan fingerprint density at radius 1 is 1.25 bits per heavy atom. The third kappa shape index (κ3) is 6.23. The molecule has 0 spiro atoms. The van der Waals surface area contributed by atoms with Crippen LogP contribution in [0.3, 0.4) is 0 Å². The van der Waals surface area contributed by atoms with Crippen LogP contribution in [0, 0.1) is 0 Å². The maximum absolute atomic E-state index is 12.2. The molecule has 130 valence electrons. The summed E-state index contributed by atoms with van der Waals surface area (Å²) in [5.74, 6) is -0.521. The van der Waals surface area contributed by atoms with Gasteiger partial charge in [-0.3, -0.25) is 9.59 Å². The molecule has 0 bridgehead atoms. The molecule has 0 radical (unpaired) electrons. The van der Waals surface area contributed by atoms with Gasteiger partial charge in [-0.05, 0) is 43.4 Å². The van der Waals surface area contributed by atoms with Crippen molar-refractivity contribution in [3.8, 4) is 0 Å². The number of carbonyl (C=O) groups excluding carboxylic acids is 3. The molecule has 0 aliphatic heterocycles. The Morgan fingerprint density at radius 2 is 1.96 bits per heavy atom. The van der Waals surface area contributed by atoms with Gasteiger partial charge in [0.2, 0.25) is 0 Å². The van der Waals surface area contributed by atoms with E-state index in [4.69, 9.17) is 4.74 Å². The molecule has 24 heavy (non-hydrogen) atoms. The highest BCUT2D eigenvalue weighted by atomic mass is 32.2. The summed E-state index contributed by atoms with van der Waals surface area (Å²) in [7, 11) is 0. The topological polar surface area (TPSA) is 84.5 Å². The SMILES string of the molecule is CSCC[C@H](NC(=O)c1ccccc1)C(=O)OCC(=O)NC1CC1. The summed E-state index contributed by atoms with van der Waals surface area (Å²) in [6.07, 6.45) is 4.32. The van der Waals surface area contributed by atoms with Gasteiger partial charge in [-0.1, -0.05) is 18.2 Å². The quantitative estimate of drug-likeness (QED) is 0.657. The molecule has 0 saturated heterocycles. The van der Waals surface area contributed by atoms with Gasteiger partial charge < -0.3 is 15.4 Å². The third-order valence-corrected chi connectivity index (χ3v) is 4.17. The van der Waals surface area contributed by atoms with E-state index in [1.807, 2.05) is 12.3 Å². The largest absolute Gasteiger partial charge is 0.454 e. The molecule has 1 aliphatic carbocycles. The first kappa shape index (κ1) is 18.3. The lowest BCUT2D eigenvalue weighted by Crippen LogP contribution is -2.43. The Labute approximate surface area is 145 Å². The molecule has 1 fully saturated rings. The number of amides is 2. The standard InChI is InChI=1S/C17H22N2O4S/c1-24-10-9-14(19-16(21)12-5-3-2-4-6-12)17(22)23-11-15(20)18-13-7-8-13/h2-6,13-14H,7-11H2,1H3,(H,18,20)(H,19,21)/t14-/m0/s1. The molecule has 2 amide bonds. The van der Waals surface area contributed by atoms with Crippen molar-refractivity contribution in [2.75, 3.05) is 18.6 Å². The first-order valence-corrected chi connectivity index (χ1v) is 9.30. The highest BCUT2D eigenvalue weighted by molar-refractivity contribution is 7.98. The third-order valence-electron chi connectivity index (χ3n) is 3.52. The smallest absolute Gasteiger partial charge is 0.329 e. The molecular formula is C17H22N2O4S. The van der Waals surface area contributed by atoms with E-state index >= 15 is 0 Å². The van der Waals surface area contributed by atoms with Gasteiger partial charge in [0.25, 0.3) is 11.8 Å². The summed E-state index contributed by atoms with van der Waals surface area (Å²) < 4.78 is 5.05. The van der Waals surface area contributed by atoms with Crippen LogP contribution in [0.2, 0.25) is 0 Å². The zero-order valence-corrected chi connectivity index (χ0v) is 14.4. The van der Waals surface area contributed by atoms with Crippen molar-refractivity contribution in [2.24, 2.45) is 0 Å². The Morgan fingerprint density at radius 3 is 2.58 bits per heavy atom. The second-order valence-corrected chi connectivity index (χ2v) is 6.61. The van der Waals surface area contributed by atoms with Crippen molar-refractivity contribution in [3.63, 3.8) is 0 Å². The predicted molar refractivity (Wildman–Crippen MR) is 92.8 cm³/mol. The van der Waals surface area contributed by atoms with E-state index in [9.17, 15) is 14.4 Å². The summed E-state index contributed by atoms with van der Waals surface area (Å²) >= 11 is 1.57. The van der Waals surface area contributed by atoms with E-state index in [0.717, 1.165) is 12.8 Å². The number of ether oxygens (including phenoxy) is 1. The molecule has 6 nitrogen and oxygen atoms in total. The van der Waals surface area contributed by atoms with Crippen molar-refractivity contribution in [1.82, 2.24) is 10.6 Å². The van der Waals surface area contributed by atoms with Gasteiger partial charge in [0.1, 0.15) is 6.04 Å². The van der Waals surface area contributed by atoms with Crippen LogP contribution < -0.4 is 10.6 Å². The predicted octanol–water partition coefficient (Wildman–Crippen LogP) is 1.36. The summed E-state index contributed by atoms with van der Waals surface area (Å²) in [6.45, 7) is -0.313. The molecule has 0 heterocycles. The van der Waals surface area contributed by atoms with E-state index in [-0.39, 0.29) is 24.5 Å². The molecule has 1 aliphatic rings. The minimum absolute atomic E-state index is 0.223. The number of benzene rings is 1. The van der Waals surface area contributed by atoms with Crippen molar-refractivity contribution >= 4 is 29.5 Å². The summed E-state index contributed by atoms with van der Waals surface area (Å²) in [4.78, 5) is 36.0. The second kappa shape index (κ2) is 9.32.